The first-order valence-corrected chi connectivity index (χ1v) is 11.1. The first-order chi connectivity index (χ1) is 13.6. The summed E-state index contributed by atoms with van der Waals surface area (Å²) in [5.74, 6) is -2.80. The van der Waals surface area contributed by atoms with E-state index in [1.54, 1.807) is 0 Å². The number of cyclic esters (lactones) is 1. The molecule has 0 amide bonds. The fraction of sp³-hybridized carbons (Fsp3) is 0.667. The molecule has 28 heavy (non-hydrogen) atoms. The molecule has 2 rings (SSSR count). The van der Waals surface area contributed by atoms with Crippen LogP contribution < -0.4 is 0 Å². The molecule has 0 unspecified atom stereocenters. The number of carbonyl (C=O) groups excluding carboxylic acids is 1. The van der Waals surface area contributed by atoms with Crippen LogP contribution in [0.1, 0.15) is 95.5 Å². The minimum atomic E-state index is -0.937. The monoisotopic (exact) mass is 388 g/mol. The lowest BCUT2D eigenvalue weighted by molar-refractivity contribution is -0.144. The van der Waals surface area contributed by atoms with E-state index in [0.717, 1.165) is 18.4 Å². The third kappa shape index (κ3) is 6.96. The zero-order valence-corrected chi connectivity index (χ0v) is 17.3. The summed E-state index contributed by atoms with van der Waals surface area (Å²) in [7, 11) is 0. The van der Waals surface area contributed by atoms with Gasteiger partial charge in [-0.1, -0.05) is 101 Å². The van der Waals surface area contributed by atoms with Crippen LogP contribution in [0.5, 0.6) is 0 Å². The fourth-order valence-electron chi connectivity index (χ4n) is 4.21. The summed E-state index contributed by atoms with van der Waals surface area (Å²) in [6.45, 7) is 2.24. The second kappa shape index (κ2) is 12.6. The maximum absolute atomic E-state index is 12.3. The van der Waals surface area contributed by atoms with Crippen LogP contribution in [-0.2, 0) is 14.3 Å². The Bertz CT molecular complexity index is 584. The van der Waals surface area contributed by atoms with Gasteiger partial charge in [-0.2, -0.15) is 0 Å². The standard InChI is InChI=1S/C24H36O4/c1-2-3-4-5-6-7-8-9-10-11-15-18-20-22(23(25)26)21(24(27)28-20)19-16-13-12-14-17-19/h12-14,16-17,20-22H,2-11,15,18H2,1H3,(H,25,26)/t20-,21+,22-/m0/s1. The predicted molar refractivity (Wildman–Crippen MR) is 111 cm³/mol. The maximum Gasteiger partial charge on any atom is 0.314 e. The summed E-state index contributed by atoms with van der Waals surface area (Å²) >= 11 is 0. The maximum atomic E-state index is 12.3. The molecule has 1 aromatic carbocycles. The van der Waals surface area contributed by atoms with Gasteiger partial charge in [-0.3, -0.25) is 9.59 Å². The van der Waals surface area contributed by atoms with Crippen LogP contribution in [0, 0.1) is 5.92 Å². The fourth-order valence-corrected chi connectivity index (χ4v) is 4.21. The zero-order valence-electron chi connectivity index (χ0n) is 17.3. The molecule has 156 valence electrons. The molecule has 1 aromatic rings. The van der Waals surface area contributed by atoms with Crippen molar-refractivity contribution in [3.63, 3.8) is 0 Å². The van der Waals surface area contributed by atoms with E-state index in [0.29, 0.717) is 6.42 Å². The van der Waals surface area contributed by atoms with E-state index in [1.807, 2.05) is 30.3 Å². The van der Waals surface area contributed by atoms with Gasteiger partial charge in [0.25, 0.3) is 0 Å². The molecule has 1 N–H and O–H groups in total. The highest BCUT2D eigenvalue weighted by molar-refractivity contribution is 5.89. The van der Waals surface area contributed by atoms with Crippen molar-refractivity contribution in [2.24, 2.45) is 5.92 Å². The van der Waals surface area contributed by atoms with Crippen molar-refractivity contribution in [3.05, 3.63) is 35.9 Å². The second-order valence-corrected chi connectivity index (χ2v) is 8.05. The van der Waals surface area contributed by atoms with Gasteiger partial charge < -0.3 is 9.84 Å². The van der Waals surface area contributed by atoms with Crippen molar-refractivity contribution in [3.8, 4) is 0 Å². The van der Waals surface area contributed by atoms with Gasteiger partial charge in [0.05, 0.1) is 5.92 Å². The molecule has 1 aliphatic heterocycles. The van der Waals surface area contributed by atoms with E-state index in [4.69, 9.17) is 4.74 Å². The molecular formula is C24H36O4. The van der Waals surface area contributed by atoms with Crippen molar-refractivity contribution >= 4 is 11.9 Å². The number of esters is 1. The Labute approximate surface area is 169 Å². The Morgan fingerprint density at radius 3 is 1.96 bits per heavy atom. The van der Waals surface area contributed by atoms with Crippen LogP contribution in [0.3, 0.4) is 0 Å². The van der Waals surface area contributed by atoms with Crippen LogP contribution in [-0.4, -0.2) is 23.1 Å². The molecule has 4 heteroatoms. The van der Waals surface area contributed by atoms with Crippen molar-refractivity contribution in [2.45, 2.75) is 96.0 Å². The molecule has 0 aliphatic carbocycles. The largest absolute Gasteiger partial charge is 0.481 e. The van der Waals surface area contributed by atoms with Gasteiger partial charge in [0.2, 0.25) is 0 Å². The third-order valence-corrected chi connectivity index (χ3v) is 5.82. The summed E-state index contributed by atoms with van der Waals surface area (Å²) in [4.78, 5) is 24.1. The summed E-state index contributed by atoms with van der Waals surface area (Å²) in [5, 5.41) is 9.68. The Hall–Kier alpha value is -1.84. The molecule has 3 atom stereocenters. The number of ether oxygens (including phenoxy) is 1. The van der Waals surface area contributed by atoms with Gasteiger partial charge in [0.1, 0.15) is 12.0 Å². The van der Waals surface area contributed by atoms with Crippen molar-refractivity contribution in [2.75, 3.05) is 0 Å². The van der Waals surface area contributed by atoms with E-state index in [2.05, 4.69) is 6.92 Å². The van der Waals surface area contributed by atoms with Crippen molar-refractivity contribution in [1.29, 1.82) is 0 Å². The summed E-state index contributed by atoms with van der Waals surface area (Å²) in [6.07, 6.45) is 13.9. The van der Waals surface area contributed by atoms with Gasteiger partial charge >= 0.3 is 11.9 Å². The molecule has 0 radical (unpaired) electrons. The lowest BCUT2D eigenvalue weighted by Gasteiger charge is -2.17. The highest BCUT2D eigenvalue weighted by Crippen LogP contribution is 2.38. The molecule has 1 aliphatic rings. The number of hydrogen-bond donors (Lipinski definition) is 1. The predicted octanol–water partition coefficient (Wildman–Crippen LogP) is 6.10. The summed E-state index contributed by atoms with van der Waals surface area (Å²) < 4.78 is 5.47. The molecule has 0 bridgehead atoms. The molecule has 0 aromatic heterocycles. The Morgan fingerprint density at radius 2 is 1.43 bits per heavy atom. The summed E-state index contributed by atoms with van der Waals surface area (Å²) in [5.41, 5.74) is 0.737. The molecule has 0 saturated carbocycles. The molecular weight excluding hydrogens is 352 g/mol. The quantitative estimate of drug-likeness (QED) is 0.309. The lowest BCUT2D eigenvalue weighted by Crippen LogP contribution is -2.28. The zero-order chi connectivity index (χ0) is 20.2. The number of unbranched alkanes of at least 4 members (excludes halogenated alkanes) is 10. The highest BCUT2D eigenvalue weighted by atomic mass is 16.6. The van der Waals surface area contributed by atoms with Crippen LogP contribution in [0.2, 0.25) is 0 Å². The van der Waals surface area contributed by atoms with E-state index in [9.17, 15) is 14.7 Å². The van der Waals surface area contributed by atoms with Crippen LogP contribution in [0.4, 0.5) is 0 Å². The average Bonchev–Trinajstić information content (AvgIpc) is 3.03. The van der Waals surface area contributed by atoms with Crippen LogP contribution in [0.15, 0.2) is 30.3 Å². The van der Waals surface area contributed by atoms with Gasteiger partial charge in [-0.15, -0.1) is 0 Å². The second-order valence-electron chi connectivity index (χ2n) is 8.05. The van der Waals surface area contributed by atoms with E-state index in [1.165, 1.54) is 57.8 Å². The first kappa shape index (κ1) is 22.4. The SMILES string of the molecule is CCCCCCCCCCCCC[C@@H]1OC(=O)[C@H](c2ccccc2)[C@H]1C(=O)O. The number of benzene rings is 1. The molecule has 1 saturated heterocycles. The summed E-state index contributed by atoms with van der Waals surface area (Å²) in [6, 6.07) is 9.15. The van der Waals surface area contributed by atoms with Crippen LogP contribution >= 0.6 is 0 Å². The number of rotatable bonds is 14. The number of carbonyl (C=O) groups is 2. The van der Waals surface area contributed by atoms with Crippen molar-refractivity contribution in [1.82, 2.24) is 0 Å². The first-order valence-electron chi connectivity index (χ1n) is 11.1. The van der Waals surface area contributed by atoms with Gasteiger partial charge in [-0.05, 0) is 18.4 Å². The van der Waals surface area contributed by atoms with Crippen molar-refractivity contribution < 1.29 is 19.4 Å². The number of aliphatic carboxylic acids is 1. The van der Waals surface area contributed by atoms with E-state index in [-0.39, 0.29) is 0 Å². The van der Waals surface area contributed by atoms with Gasteiger partial charge in [0.15, 0.2) is 0 Å². The Balaban J connectivity index is 1.67. The van der Waals surface area contributed by atoms with E-state index >= 15 is 0 Å². The Morgan fingerprint density at radius 1 is 0.893 bits per heavy atom. The lowest BCUT2D eigenvalue weighted by atomic mass is 9.83. The number of hydrogen-bond acceptors (Lipinski definition) is 3. The minimum Gasteiger partial charge on any atom is -0.481 e. The van der Waals surface area contributed by atoms with Crippen LogP contribution in [0.25, 0.3) is 0 Å². The topological polar surface area (TPSA) is 63.6 Å². The van der Waals surface area contributed by atoms with E-state index < -0.39 is 29.9 Å². The number of carboxylic acids is 1. The minimum absolute atomic E-state index is 0.397. The average molecular weight is 389 g/mol. The molecule has 1 fully saturated rings. The molecule has 4 nitrogen and oxygen atoms in total. The van der Waals surface area contributed by atoms with Gasteiger partial charge in [0, 0.05) is 0 Å². The van der Waals surface area contributed by atoms with Gasteiger partial charge in [-0.25, -0.2) is 0 Å². The Kier molecular flexibility index (Phi) is 10.1. The smallest absolute Gasteiger partial charge is 0.314 e. The normalized spacial score (nSPS) is 21.6. The number of carboxylic acid groups (broad SMARTS) is 1. The molecule has 1 heterocycles. The highest BCUT2D eigenvalue weighted by Gasteiger charge is 2.49. The molecule has 0 spiro atoms. The third-order valence-electron chi connectivity index (χ3n) is 5.82.